The van der Waals surface area contributed by atoms with Gasteiger partial charge in [0.2, 0.25) is 5.95 Å². The van der Waals surface area contributed by atoms with Crippen molar-refractivity contribution in [2.24, 2.45) is 0 Å². The fraction of sp³-hybridized carbons (Fsp3) is 0.222. The average Bonchev–Trinajstić information content (AvgIpc) is 2.90. The van der Waals surface area contributed by atoms with E-state index in [4.69, 9.17) is 9.72 Å². The highest BCUT2D eigenvalue weighted by Crippen LogP contribution is 2.35. The number of hydrogen-bond acceptors (Lipinski definition) is 6. The standard InChI is InChI=1S/C27H26N4O3/c1-34-22-9-7-21(8-10-22)25(32)18-31-24(20-5-3-2-4-6-20)13-16-30-26(33)17-23(29-27(30)31)19-11-14-28-15-12-19/h2-12,14-15,17,24-25,32H,13,16,18H2,1H3. The highest BCUT2D eigenvalue weighted by molar-refractivity contribution is 5.60. The minimum atomic E-state index is -0.773. The molecular weight excluding hydrogens is 428 g/mol. The van der Waals surface area contributed by atoms with Crippen LogP contribution in [0.5, 0.6) is 5.75 Å². The number of rotatable bonds is 6. The molecule has 0 aliphatic carbocycles. The van der Waals surface area contributed by atoms with Crippen LogP contribution in [0.15, 0.2) is 90.0 Å². The Morgan fingerprint density at radius 1 is 1.06 bits per heavy atom. The van der Waals surface area contributed by atoms with E-state index < -0.39 is 6.10 Å². The zero-order valence-electron chi connectivity index (χ0n) is 18.9. The van der Waals surface area contributed by atoms with Crippen LogP contribution >= 0.6 is 0 Å². The first kappa shape index (κ1) is 21.9. The van der Waals surface area contributed by atoms with Crippen LogP contribution in [0.1, 0.15) is 29.7 Å². The lowest BCUT2D eigenvalue weighted by Gasteiger charge is -2.39. The number of anilines is 1. The van der Waals surface area contributed by atoms with Crippen LogP contribution in [0.2, 0.25) is 0 Å². The summed E-state index contributed by atoms with van der Waals surface area (Å²) >= 11 is 0. The third kappa shape index (κ3) is 4.30. The molecule has 0 saturated heterocycles. The van der Waals surface area contributed by atoms with Crippen molar-refractivity contribution < 1.29 is 9.84 Å². The fourth-order valence-corrected chi connectivity index (χ4v) is 4.49. The molecule has 34 heavy (non-hydrogen) atoms. The second kappa shape index (κ2) is 9.49. The Morgan fingerprint density at radius 3 is 2.50 bits per heavy atom. The van der Waals surface area contributed by atoms with Gasteiger partial charge in [0.15, 0.2) is 0 Å². The Labute approximate surface area is 197 Å². The summed E-state index contributed by atoms with van der Waals surface area (Å²) in [7, 11) is 1.62. The number of aliphatic hydroxyl groups excluding tert-OH is 1. The monoisotopic (exact) mass is 454 g/mol. The van der Waals surface area contributed by atoms with Crippen molar-refractivity contribution in [3.8, 4) is 17.0 Å². The maximum absolute atomic E-state index is 13.1. The van der Waals surface area contributed by atoms with Crippen LogP contribution in [0.3, 0.4) is 0 Å². The van der Waals surface area contributed by atoms with E-state index in [-0.39, 0.29) is 18.1 Å². The summed E-state index contributed by atoms with van der Waals surface area (Å²) in [4.78, 5) is 24.1. The normalized spacial score (nSPS) is 16.1. The van der Waals surface area contributed by atoms with E-state index >= 15 is 0 Å². The van der Waals surface area contributed by atoms with Gasteiger partial charge in [0.05, 0.1) is 31.5 Å². The van der Waals surface area contributed by atoms with Crippen LogP contribution in [0.4, 0.5) is 5.95 Å². The van der Waals surface area contributed by atoms with Crippen molar-refractivity contribution in [3.05, 3.63) is 107 Å². The quantitative estimate of drug-likeness (QED) is 0.474. The number of β-amino-alcohol motifs (C(OH)–C–C–N with tert-alkyl or cyclic N) is 1. The molecule has 2 unspecified atom stereocenters. The van der Waals surface area contributed by atoms with Crippen LogP contribution < -0.4 is 15.2 Å². The summed E-state index contributed by atoms with van der Waals surface area (Å²) in [6, 6.07) is 22.8. The van der Waals surface area contributed by atoms with Gasteiger partial charge in [-0.15, -0.1) is 0 Å². The van der Waals surface area contributed by atoms with Crippen LogP contribution in [0.25, 0.3) is 11.3 Å². The number of aliphatic hydroxyl groups is 1. The molecule has 4 aromatic rings. The topological polar surface area (TPSA) is 80.5 Å². The molecule has 2 aromatic heterocycles. The van der Waals surface area contributed by atoms with Crippen molar-refractivity contribution >= 4 is 5.95 Å². The molecule has 1 aliphatic heterocycles. The summed E-state index contributed by atoms with van der Waals surface area (Å²) < 4.78 is 6.94. The third-order valence-electron chi connectivity index (χ3n) is 6.28. The van der Waals surface area contributed by atoms with E-state index in [0.29, 0.717) is 18.2 Å². The molecule has 0 saturated carbocycles. The van der Waals surface area contributed by atoms with Crippen molar-refractivity contribution in [2.75, 3.05) is 18.6 Å². The molecule has 1 aliphatic rings. The lowest BCUT2D eigenvalue weighted by Crippen LogP contribution is -2.42. The molecule has 2 atom stereocenters. The second-order valence-corrected chi connectivity index (χ2v) is 8.32. The minimum absolute atomic E-state index is 0.0197. The highest BCUT2D eigenvalue weighted by Gasteiger charge is 2.31. The predicted molar refractivity (Wildman–Crippen MR) is 131 cm³/mol. The van der Waals surface area contributed by atoms with E-state index in [9.17, 15) is 9.90 Å². The summed E-state index contributed by atoms with van der Waals surface area (Å²) in [5.41, 5.74) is 3.22. The largest absolute Gasteiger partial charge is 0.497 e. The Kier molecular flexibility index (Phi) is 6.10. The SMILES string of the molecule is COc1ccc(C(O)CN2c3nc(-c4ccncc4)cc(=O)n3CCC2c2ccccc2)cc1. The number of nitrogens with zero attached hydrogens (tertiary/aromatic N) is 4. The van der Waals surface area contributed by atoms with E-state index in [2.05, 4.69) is 22.0 Å². The van der Waals surface area contributed by atoms with Crippen molar-refractivity contribution in [2.45, 2.75) is 25.1 Å². The summed E-state index contributed by atoms with van der Waals surface area (Å²) in [6.07, 6.45) is 3.34. The maximum atomic E-state index is 13.1. The predicted octanol–water partition coefficient (Wildman–Crippen LogP) is 4.00. The van der Waals surface area contributed by atoms with Gasteiger partial charge in [0, 0.05) is 30.6 Å². The van der Waals surface area contributed by atoms with Gasteiger partial charge >= 0.3 is 0 Å². The molecule has 5 rings (SSSR count). The molecule has 0 amide bonds. The van der Waals surface area contributed by atoms with E-state index in [1.165, 1.54) is 0 Å². The number of aromatic nitrogens is 3. The van der Waals surface area contributed by atoms with Gasteiger partial charge in [0.25, 0.3) is 5.56 Å². The fourth-order valence-electron chi connectivity index (χ4n) is 4.49. The van der Waals surface area contributed by atoms with Gasteiger partial charge < -0.3 is 14.7 Å². The Hall–Kier alpha value is -3.97. The summed E-state index contributed by atoms with van der Waals surface area (Å²) in [6.45, 7) is 0.852. The summed E-state index contributed by atoms with van der Waals surface area (Å²) in [5, 5.41) is 11.2. The van der Waals surface area contributed by atoms with E-state index in [1.807, 2.05) is 54.6 Å². The number of hydrogen-bond donors (Lipinski definition) is 1. The second-order valence-electron chi connectivity index (χ2n) is 8.32. The average molecular weight is 455 g/mol. The molecule has 1 N–H and O–H groups in total. The van der Waals surface area contributed by atoms with Crippen LogP contribution in [-0.2, 0) is 6.54 Å². The number of pyridine rings is 1. The Balaban J connectivity index is 1.57. The van der Waals surface area contributed by atoms with Gasteiger partial charge in [-0.25, -0.2) is 4.98 Å². The molecule has 0 radical (unpaired) electrons. The number of methoxy groups -OCH3 is 1. The minimum Gasteiger partial charge on any atom is -0.497 e. The van der Waals surface area contributed by atoms with Gasteiger partial charge in [-0.05, 0) is 41.8 Å². The summed E-state index contributed by atoms with van der Waals surface area (Å²) in [5.74, 6) is 1.30. The lowest BCUT2D eigenvalue weighted by molar-refractivity contribution is 0.176. The molecule has 7 nitrogen and oxygen atoms in total. The van der Waals surface area contributed by atoms with Gasteiger partial charge in [0.1, 0.15) is 5.75 Å². The Morgan fingerprint density at radius 2 is 1.79 bits per heavy atom. The van der Waals surface area contributed by atoms with Gasteiger partial charge in [-0.3, -0.25) is 14.3 Å². The van der Waals surface area contributed by atoms with Crippen molar-refractivity contribution in [1.29, 1.82) is 0 Å². The van der Waals surface area contributed by atoms with Crippen molar-refractivity contribution in [1.82, 2.24) is 14.5 Å². The highest BCUT2D eigenvalue weighted by atomic mass is 16.5. The van der Waals surface area contributed by atoms with E-state index in [1.54, 1.807) is 30.1 Å². The lowest BCUT2D eigenvalue weighted by atomic mass is 9.99. The Bertz CT molecular complexity index is 1310. The molecule has 3 heterocycles. The number of ether oxygens (including phenoxy) is 1. The zero-order chi connectivity index (χ0) is 23.5. The van der Waals surface area contributed by atoms with Gasteiger partial charge in [-0.1, -0.05) is 42.5 Å². The maximum Gasteiger partial charge on any atom is 0.255 e. The molecule has 0 spiro atoms. The third-order valence-corrected chi connectivity index (χ3v) is 6.28. The molecule has 172 valence electrons. The molecular formula is C27H26N4O3. The molecule has 0 fully saturated rings. The molecule has 2 aromatic carbocycles. The number of fused-ring (bicyclic) bond motifs is 1. The zero-order valence-corrected chi connectivity index (χ0v) is 18.9. The molecule has 7 heteroatoms. The molecule has 0 bridgehead atoms. The van der Waals surface area contributed by atoms with Crippen molar-refractivity contribution in [3.63, 3.8) is 0 Å². The smallest absolute Gasteiger partial charge is 0.255 e. The number of benzene rings is 2. The van der Waals surface area contributed by atoms with Crippen LogP contribution in [0, 0.1) is 0 Å². The van der Waals surface area contributed by atoms with E-state index in [0.717, 1.165) is 28.9 Å². The van der Waals surface area contributed by atoms with Crippen LogP contribution in [-0.4, -0.2) is 33.3 Å². The van der Waals surface area contributed by atoms with Gasteiger partial charge in [-0.2, -0.15) is 0 Å². The first-order valence-corrected chi connectivity index (χ1v) is 11.3. The first-order chi connectivity index (χ1) is 16.6. The first-order valence-electron chi connectivity index (χ1n) is 11.3.